The minimum atomic E-state index is -0.657. The summed E-state index contributed by atoms with van der Waals surface area (Å²) in [5, 5.41) is 5.32. The van der Waals surface area contributed by atoms with Crippen molar-refractivity contribution in [1.29, 1.82) is 0 Å². The number of carbonyl (C=O) groups is 2. The molecule has 0 radical (unpaired) electrons. The molecule has 2 amide bonds. The number of urea groups is 1. The van der Waals surface area contributed by atoms with Gasteiger partial charge in [-0.1, -0.05) is 32.9 Å². The highest BCUT2D eigenvalue weighted by Crippen LogP contribution is 2.10. The number of aryl methyl sites for hydroxylation is 1. The Kier molecular flexibility index (Phi) is 6.03. The van der Waals surface area contributed by atoms with Crippen LogP contribution in [0.4, 0.5) is 10.5 Å². The molecule has 2 N–H and O–H groups in total. The first-order valence-electron chi connectivity index (χ1n) is 6.72. The van der Waals surface area contributed by atoms with Crippen molar-refractivity contribution in [2.45, 2.75) is 33.2 Å². The van der Waals surface area contributed by atoms with Crippen LogP contribution in [0.5, 0.6) is 0 Å². The molecule has 0 saturated heterocycles. The third kappa shape index (κ3) is 4.57. The first-order valence-corrected chi connectivity index (χ1v) is 6.72. The van der Waals surface area contributed by atoms with E-state index >= 15 is 0 Å². The van der Waals surface area contributed by atoms with E-state index in [1.165, 1.54) is 12.7 Å². The Morgan fingerprint density at radius 2 is 1.80 bits per heavy atom. The number of rotatable bonds is 5. The Morgan fingerprint density at radius 3 is 2.25 bits per heavy atom. The Bertz CT molecular complexity index is 455. The summed E-state index contributed by atoms with van der Waals surface area (Å²) in [7, 11) is 1.31. The van der Waals surface area contributed by atoms with Crippen LogP contribution in [0, 0.1) is 5.92 Å². The van der Waals surface area contributed by atoms with Gasteiger partial charge in [0, 0.05) is 5.69 Å². The van der Waals surface area contributed by atoms with Crippen molar-refractivity contribution in [1.82, 2.24) is 5.32 Å². The van der Waals surface area contributed by atoms with Crippen molar-refractivity contribution in [3.8, 4) is 0 Å². The molecule has 0 heterocycles. The fourth-order valence-corrected chi connectivity index (χ4v) is 1.76. The van der Waals surface area contributed by atoms with E-state index in [2.05, 4.69) is 22.3 Å². The molecule has 0 aliphatic carbocycles. The predicted molar refractivity (Wildman–Crippen MR) is 78.6 cm³/mol. The Hall–Kier alpha value is -2.04. The average Bonchev–Trinajstić information content (AvgIpc) is 2.44. The van der Waals surface area contributed by atoms with Gasteiger partial charge in [0.25, 0.3) is 0 Å². The average molecular weight is 278 g/mol. The van der Waals surface area contributed by atoms with E-state index in [9.17, 15) is 9.59 Å². The second-order valence-corrected chi connectivity index (χ2v) is 4.89. The van der Waals surface area contributed by atoms with Gasteiger partial charge in [0.15, 0.2) is 0 Å². The van der Waals surface area contributed by atoms with Crippen LogP contribution in [0.15, 0.2) is 24.3 Å². The summed E-state index contributed by atoms with van der Waals surface area (Å²) in [5.41, 5.74) is 1.89. The lowest BCUT2D eigenvalue weighted by Gasteiger charge is -2.20. The van der Waals surface area contributed by atoms with Gasteiger partial charge < -0.3 is 15.4 Å². The van der Waals surface area contributed by atoms with E-state index in [0.29, 0.717) is 5.69 Å². The molecule has 1 aromatic rings. The number of nitrogens with one attached hydrogen (secondary N) is 2. The maximum atomic E-state index is 11.9. The van der Waals surface area contributed by atoms with Gasteiger partial charge >= 0.3 is 12.0 Å². The topological polar surface area (TPSA) is 67.4 Å². The molecule has 20 heavy (non-hydrogen) atoms. The zero-order chi connectivity index (χ0) is 15.1. The fraction of sp³-hybridized carbons (Fsp3) is 0.467. The van der Waals surface area contributed by atoms with Gasteiger partial charge in [-0.05, 0) is 30.0 Å². The summed E-state index contributed by atoms with van der Waals surface area (Å²) >= 11 is 0. The van der Waals surface area contributed by atoms with Crippen LogP contribution >= 0.6 is 0 Å². The molecule has 1 atom stereocenters. The monoisotopic (exact) mass is 278 g/mol. The number of methoxy groups -OCH3 is 1. The lowest BCUT2D eigenvalue weighted by Crippen LogP contribution is -2.46. The Balaban J connectivity index is 2.63. The van der Waals surface area contributed by atoms with E-state index in [-0.39, 0.29) is 5.92 Å². The van der Waals surface area contributed by atoms with Crippen molar-refractivity contribution >= 4 is 17.7 Å². The third-order valence-electron chi connectivity index (χ3n) is 3.03. The Morgan fingerprint density at radius 1 is 1.20 bits per heavy atom. The van der Waals surface area contributed by atoms with Crippen LogP contribution in [0.2, 0.25) is 0 Å². The molecule has 5 heteroatoms. The molecule has 0 saturated carbocycles. The van der Waals surface area contributed by atoms with Crippen molar-refractivity contribution in [2.75, 3.05) is 12.4 Å². The summed E-state index contributed by atoms with van der Waals surface area (Å²) < 4.78 is 4.67. The van der Waals surface area contributed by atoms with Crippen molar-refractivity contribution in [2.24, 2.45) is 5.92 Å². The minimum Gasteiger partial charge on any atom is -0.467 e. The van der Waals surface area contributed by atoms with Gasteiger partial charge in [-0.15, -0.1) is 0 Å². The number of carbonyl (C=O) groups excluding carboxylic acids is 2. The highest BCUT2D eigenvalue weighted by atomic mass is 16.5. The Labute approximate surface area is 119 Å². The van der Waals surface area contributed by atoms with Crippen LogP contribution in [0.3, 0.4) is 0 Å². The molecule has 0 aliphatic heterocycles. The minimum absolute atomic E-state index is 0.0457. The fourth-order valence-electron chi connectivity index (χ4n) is 1.76. The molecule has 110 valence electrons. The zero-order valence-electron chi connectivity index (χ0n) is 12.4. The largest absolute Gasteiger partial charge is 0.467 e. The van der Waals surface area contributed by atoms with Crippen LogP contribution in [-0.2, 0) is 16.0 Å². The number of benzene rings is 1. The first kappa shape index (κ1) is 16.0. The summed E-state index contributed by atoms with van der Waals surface area (Å²) in [6.45, 7) is 5.76. The number of esters is 1. The molecule has 5 nitrogen and oxygen atoms in total. The van der Waals surface area contributed by atoms with E-state index in [4.69, 9.17) is 0 Å². The summed E-state index contributed by atoms with van der Waals surface area (Å²) in [5.74, 6) is -0.493. The number of hydrogen-bond donors (Lipinski definition) is 2. The van der Waals surface area contributed by atoms with Gasteiger partial charge in [0.1, 0.15) is 6.04 Å². The zero-order valence-corrected chi connectivity index (χ0v) is 12.4. The van der Waals surface area contributed by atoms with Gasteiger partial charge in [-0.2, -0.15) is 0 Å². The van der Waals surface area contributed by atoms with Gasteiger partial charge in [-0.25, -0.2) is 9.59 Å². The molecule has 0 fully saturated rings. The number of hydrogen-bond acceptors (Lipinski definition) is 3. The molecule has 0 bridgehead atoms. The second-order valence-electron chi connectivity index (χ2n) is 4.89. The lowest BCUT2D eigenvalue weighted by molar-refractivity contribution is -0.143. The van der Waals surface area contributed by atoms with Crippen molar-refractivity contribution in [3.63, 3.8) is 0 Å². The molecular formula is C15H22N2O3. The van der Waals surface area contributed by atoms with E-state index in [1.54, 1.807) is 0 Å². The molecule has 0 unspecified atom stereocenters. The number of amides is 2. The maximum absolute atomic E-state index is 11.9. The van der Waals surface area contributed by atoms with Crippen molar-refractivity contribution < 1.29 is 14.3 Å². The number of ether oxygens (including phenoxy) is 1. The van der Waals surface area contributed by atoms with Crippen LogP contribution in [-0.4, -0.2) is 25.2 Å². The smallest absolute Gasteiger partial charge is 0.328 e. The van der Waals surface area contributed by atoms with E-state index in [0.717, 1.165) is 6.42 Å². The second kappa shape index (κ2) is 7.53. The van der Waals surface area contributed by atoms with E-state index in [1.807, 2.05) is 38.1 Å². The first-order chi connectivity index (χ1) is 9.47. The normalized spacial score (nSPS) is 11.8. The third-order valence-corrected chi connectivity index (χ3v) is 3.03. The SMILES string of the molecule is CCc1ccc(NC(=O)N[C@H](C(=O)OC)C(C)C)cc1. The maximum Gasteiger partial charge on any atom is 0.328 e. The van der Waals surface area contributed by atoms with Crippen LogP contribution in [0.25, 0.3) is 0 Å². The highest BCUT2D eigenvalue weighted by molar-refractivity contribution is 5.92. The van der Waals surface area contributed by atoms with Gasteiger partial charge in [0.05, 0.1) is 7.11 Å². The summed E-state index contributed by atoms with van der Waals surface area (Å²) in [6, 6.07) is 6.50. The van der Waals surface area contributed by atoms with Gasteiger partial charge in [0.2, 0.25) is 0 Å². The molecule has 0 aromatic heterocycles. The molecule has 0 aliphatic rings. The van der Waals surface area contributed by atoms with Crippen molar-refractivity contribution in [3.05, 3.63) is 29.8 Å². The summed E-state index contributed by atoms with van der Waals surface area (Å²) in [6.07, 6.45) is 0.949. The van der Waals surface area contributed by atoms with Crippen LogP contribution < -0.4 is 10.6 Å². The quantitative estimate of drug-likeness (QED) is 0.813. The molecule has 0 spiro atoms. The van der Waals surface area contributed by atoms with E-state index < -0.39 is 18.0 Å². The standard InChI is InChI=1S/C15H22N2O3/c1-5-11-6-8-12(9-7-11)16-15(19)17-13(10(2)3)14(18)20-4/h6-10,13H,5H2,1-4H3,(H2,16,17,19)/t13-/m0/s1. The molecule has 1 rings (SSSR count). The van der Waals surface area contributed by atoms with Crippen LogP contribution in [0.1, 0.15) is 26.3 Å². The van der Waals surface area contributed by atoms with Gasteiger partial charge in [-0.3, -0.25) is 0 Å². The number of anilines is 1. The lowest BCUT2D eigenvalue weighted by atomic mass is 10.1. The molecule has 1 aromatic carbocycles. The summed E-state index contributed by atoms with van der Waals surface area (Å²) in [4.78, 5) is 23.4. The predicted octanol–water partition coefficient (Wildman–Crippen LogP) is 2.57. The molecular weight excluding hydrogens is 256 g/mol. The highest BCUT2D eigenvalue weighted by Gasteiger charge is 2.24.